The zero-order chi connectivity index (χ0) is 21.0. The van der Waals surface area contributed by atoms with Crippen LogP contribution in [0.1, 0.15) is 75.2 Å². The standard InChI is InChI=1S/C23H34N2O3S/c1-14(2)25-29(27,28)20-6-5-15(3)21(10-20)22(26)24-16(4)23-11-17-7-18(12-23)9-19(8-17)13-23/h5-6,10,14,16-19,25H,7-9,11-13H2,1-4H3,(H,24,26)/t16-,17?,18?,19?,23?/m0/s1. The highest BCUT2D eigenvalue weighted by atomic mass is 32.2. The van der Waals surface area contributed by atoms with E-state index >= 15 is 0 Å². The van der Waals surface area contributed by atoms with Crippen LogP contribution in [0.5, 0.6) is 0 Å². The van der Waals surface area contributed by atoms with Crippen molar-refractivity contribution in [1.29, 1.82) is 0 Å². The van der Waals surface area contributed by atoms with Crippen LogP contribution in [-0.2, 0) is 10.0 Å². The molecule has 0 saturated heterocycles. The van der Waals surface area contributed by atoms with Gasteiger partial charge in [0.2, 0.25) is 10.0 Å². The molecule has 1 atom stereocenters. The van der Waals surface area contributed by atoms with Crippen LogP contribution in [0.15, 0.2) is 23.1 Å². The van der Waals surface area contributed by atoms with E-state index in [0.717, 1.165) is 23.3 Å². The molecule has 4 aliphatic carbocycles. The highest BCUT2D eigenvalue weighted by Crippen LogP contribution is 2.61. The van der Waals surface area contributed by atoms with E-state index in [0.29, 0.717) is 5.56 Å². The number of amides is 1. The van der Waals surface area contributed by atoms with Crippen molar-refractivity contribution in [2.45, 2.75) is 83.2 Å². The molecular weight excluding hydrogens is 384 g/mol. The van der Waals surface area contributed by atoms with Crippen molar-refractivity contribution in [2.24, 2.45) is 23.2 Å². The lowest BCUT2D eigenvalue weighted by atomic mass is 9.48. The Morgan fingerprint density at radius 1 is 1.03 bits per heavy atom. The maximum absolute atomic E-state index is 13.1. The largest absolute Gasteiger partial charge is 0.349 e. The van der Waals surface area contributed by atoms with Crippen molar-refractivity contribution in [3.8, 4) is 0 Å². The summed E-state index contributed by atoms with van der Waals surface area (Å²) in [5.41, 5.74) is 1.47. The van der Waals surface area contributed by atoms with Crippen molar-refractivity contribution in [2.75, 3.05) is 0 Å². The van der Waals surface area contributed by atoms with Gasteiger partial charge >= 0.3 is 0 Å². The fourth-order valence-electron chi connectivity index (χ4n) is 6.53. The summed E-state index contributed by atoms with van der Waals surface area (Å²) in [5, 5.41) is 3.26. The smallest absolute Gasteiger partial charge is 0.251 e. The highest BCUT2D eigenvalue weighted by Gasteiger charge is 2.53. The first-order valence-electron chi connectivity index (χ1n) is 11.0. The number of nitrogens with one attached hydrogen (secondary N) is 2. The average Bonchev–Trinajstić information content (AvgIpc) is 2.59. The molecule has 5 rings (SSSR count). The second kappa shape index (κ2) is 7.38. The molecule has 1 aromatic rings. The Bertz CT molecular complexity index is 871. The summed E-state index contributed by atoms with van der Waals surface area (Å²) in [6, 6.07) is 4.71. The first kappa shape index (κ1) is 20.9. The number of carbonyl (C=O) groups excluding carboxylic acids is 1. The van der Waals surface area contributed by atoms with Crippen LogP contribution < -0.4 is 10.0 Å². The van der Waals surface area contributed by atoms with Crippen LogP contribution in [0, 0.1) is 30.1 Å². The zero-order valence-electron chi connectivity index (χ0n) is 18.0. The number of hydrogen-bond acceptors (Lipinski definition) is 3. The van der Waals surface area contributed by atoms with E-state index in [1.165, 1.54) is 44.6 Å². The first-order valence-corrected chi connectivity index (χ1v) is 12.5. The lowest BCUT2D eigenvalue weighted by Gasteiger charge is -2.59. The van der Waals surface area contributed by atoms with Crippen LogP contribution in [0.3, 0.4) is 0 Å². The molecule has 0 unspecified atom stereocenters. The summed E-state index contributed by atoms with van der Waals surface area (Å²) in [6.45, 7) is 7.58. The third kappa shape index (κ3) is 3.98. The van der Waals surface area contributed by atoms with Crippen molar-refractivity contribution in [3.05, 3.63) is 29.3 Å². The van der Waals surface area contributed by atoms with Crippen LogP contribution >= 0.6 is 0 Å². The van der Waals surface area contributed by atoms with Gasteiger partial charge in [-0.15, -0.1) is 0 Å². The second-order valence-electron chi connectivity index (χ2n) is 10.2. The topological polar surface area (TPSA) is 75.3 Å². The Kier molecular flexibility index (Phi) is 5.31. The van der Waals surface area contributed by atoms with Crippen LogP contribution in [0.2, 0.25) is 0 Å². The lowest BCUT2D eigenvalue weighted by molar-refractivity contribution is -0.0688. The minimum Gasteiger partial charge on any atom is -0.349 e. The third-order valence-corrected chi connectivity index (χ3v) is 9.16. The van der Waals surface area contributed by atoms with Gasteiger partial charge in [0.25, 0.3) is 5.91 Å². The van der Waals surface area contributed by atoms with Gasteiger partial charge in [0, 0.05) is 17.6 Å². The Morgan fingerprint density at radius 3 is 2.10 bits per heavy atom. The molecule has 1 amide bonds. The Morgan fingerprint density at radius 2 is 1.59 bits per heavy atom. The molecule has 29 heavy (non-hydrogen) atoms. The van der Waals surface area contributed by atoms with Gasteiger partial charge in [0.05, 0.1) is 4.90 Å². The SMILES string of the molecule is Cc1ccc(S(=O)(=O)NC(C)C)cc1C(=O)N[C@@H](C)C12CC3CC(CC(C3)C1)C2. The third-order valence-electron chi connectivity index (χ3n) is 7.51. The van der Waals surface area contributed by atoms with E-state index in [9.17, 15) is 13.2 Å². The second-order valence-corrected chi connectivity index (χ2v) is 11.9. The van der Waals surface area contributed by atoms with Gasteiger partial charge in [-0.3, -0.25) is 4.79 Å². The fourth-order valence-corrected chi connectivity index (χ4v) is 7.80. The summed E-state index contributed by atoms with van der Waals surface area (Å²) >= 11 is 0. The normalized spacial score (nSPS) is 31.8. The van der Waals surface area contributed by atoms with Crippen LogP contribution in [0.25, 0.3) is 0 Å². The van der Waals surface area contributed by atoms with Crippen LogP contribution in [0.4, 0.5) is 0 Å². The molecule has 160 valence electrons. The zero-order valence-corrected chi connectivity index (χ0v) is 18.8. The number of sulfonamides is 1. The van der Waals surface area contributed by atoms with Gasteiger partial charge in [-0.05, 0) is 107 Å². The first-order chi connectivity index (χ1) is 13.6. The van der Waals surface area contributed by atoms with Crippen molar-refractivity contribution in [1.82, 2.24) is 10.0 Å². The number of aryl methyl sites for hydroxylation is 1. The number of benzene rings is 1. The molecule has 4 aliphatic rings. The predicted molar refractivity (Wildman–Crippen MR) is 114 cm³/mol. The van der Waals surface area contributed by atoms with Gasteiger partial charge in [-0.2, -0.15) is 0 Å². The Labute approximate surface area is 175 Å². The van der Waals surface area contributed by atoms with Gasteiger partial charge in [-0.1, -0.05) is 6.07 Å². The van der Waals surface area contributed by atoms with Crippen molar-refractivity contribution in [3.63, 3.8) is 0 Å². The summed E-state index contributed by atoms with van der Waals surface area (Å²) in [7, 11) is -3.63. The monoisotopic (exact) mass is 418 g/mol. The van der Waals surface area contributed by atoms with Crippen LogP contribution in [-0.4, -0.2) is 26.4 Å². The summed E-state index contributed by atoms with van der Waals surface area (Å²) in [4.78, 5) is 13.3. The number of carbonyl (C=O) groups is 1. The van der Waals surface area contributed by atoms with E-state index < -0.39 is 10.0 Å². The summed E-state index contributed by atoms with van der Waals surface area (Å²) in [6.07, 6.45) is 7.82. The molecular formula is C23H34N2O3S. The molecule has 2 N–H and O–H groups in total. The van der Waals surface area contributed by atoms with Crippen molar-refractivity contribution >= 4 is 15.9 Å². The van der Waals surface area contributed by atoms with E-state index in [1.807, 2.05) is 6.92 Å². The van der Waals surface area contributed by atoms with E-state index in [-0.39, 0.29) is 28.3 Å². The average molecular weight is 419 g/mol. The molecule has 1 aromatic carbocycles. The summed E-state index contributed by atoms with van der Waals surface area (Å²) in [5.74, 6) is 2.33. The molecule has 5 nitrogen and oxygen atoms in total. The lowest BCUT2D eigenvalue weighted by Crippen LogP contribution is -2.55. The number of hydrogen-bond donors (Lipinski definition) is 2. The predicted octanol–water partition coefficient (Wildman–Crippen LogP) is 4.02. The van der Waals surface area contributed by atoms with Gasteiger partial charge in [0.15, 0.2) is 0 Å². The molecule has 6 heteroatoms. The Hall–Kier alpha value is -1.40. The minimum absolute atomic E-state index is 0.108. The maximum Gasteiger partial charge on any atom is 0.251 e. The molecule has 0 heterocycles. The van der Waals surface area contributed by atoms with E-state index in [2.05, 4.69) is 17.0 Å². The van der Waals surface area contributed by atoms with Gasteiger partial charge in [-0.25, -0.2) is 13.1 Å². The fraction of sp³-hybridized carbons (Fsp3) is 0.696. The molecule has 0 radical (unpaired) electrons. The van der Waals surface area contributed by atoms with Gasteiger partial charge in [0.1, 0.15) is 0 Å². The molecule has 4 fully saturated rings. The molecule has 0 aromatic heterocycles. The highest BCUT2D eigenvalue weighted by molar-refractivity contribution is 7.89. The maximum atomic E-state index is 13.1. The number of rotatable bonds is 6. The molecule has 4 saturated carbocycles. The molecule has 4 bridgehead atoms. The summed E-state index contributed by atoms with van der Waals surface area (Å²) < 4.78 is 27.7. The Balaban J connectivity index is 1.53. The molecule has 0 aliphatic heterocycles. The van der Waals surface area contributed by atoms with E-state index in [4.69, 9.17) is 0 Å². The quantitative estimate of drug-likeness (QED) is 0.733. The minimum atomic E-state index is -3.63. The molecule has 0 spiro atoms. The van der Waals surface area contributed by atoms with Crippen molar-refractivity contribution < 1.29 is 13.2 Å². The van der Waals surface area contributed by atoms with E-state index in [1.54, 1.807) is 26.0 Å². The van der Waals surface area contributed by atoms with Gasteiger partial charge < -0.3 is 5.32 Å².